The zero-order valence-corrected chi connectivity index (χ0v) is 14.1. The number of pyridine rings is 1. The Balaban J connectivity index is 2.10. The second kappa shape index (κ2) is 9.16. The Bertz CT molecular complexity index is 687. The van der Waals surface area contributed by atoms with Crippen molar-refractivity contribution in [2.45, 2.75) is 24.5 Å². The van der Waals surface area contributed by atoms with E-state index in [0.717, 1.165) is 0 Å². The summed E-state index contributed by atoms with van der Waals surface area (Å²) in [5.41, 5.74) is 5.05. The summed E-state index contributed by atoms with van der Waals surface area (Å²) >= 11 is 0. The van der Waals surface area contributed by atoms with Crippen LogP contribution in [0.1, 0.15) is 16.6 Å². The number of nitrogens with zero attached hydrogens (tertiary/aromatic N) is 1. The second-order valence-corrected chi connectivity index (χ2v) is 6.02. The van der Waals surface area contributed by atoms with Gasteiger partial charge in [-0.2, -0.15) is 4.57 Å². The molecule has 12 nitrogen and oxygen atoms in total. The van der Waals surface area contributed by atoms with Crippen molar-refractivity contribution in [3.05, 3.63) is 30.1 Å². The lowest BCUT2D eigenvalue weighted by molar-refractivity contribution is -0.765. The van der Waals surface area contributed by atoms with Crippen LogP contribution in [0.4, 0.5) is 0 Å². The van der Waals surface area contributed by atoms with Gasteiger partial charge in [-0.05, 0) is 6.07 Å². The van der Waals surface area contributed by atoms with E-state index in [2.05, 4.69) is 13.9 Å². The molecule has 0 bridgehead atoms. The summed E-state index contributed by atoms with van der Waals surface area (Å²) in [6, 6.07) is 2.80. The van der Waals surface area contributed by atoms with Crippen LogP contribution in [-0.4, -0.2) is 58.9 Å². The molecule has 1 fully saturated rings. The smallest absolute Gasteiger partial charge is 0.388 e. The lowest BCUT2D eigenvalue weighted by Gasteiger charge is -2.10. The number of esters is 2. The molecule has 2 heterocycles. The van der Waals surface area contributed by atoms with Gasteiger partial charge in [-0.15, -0.1) is 4.52 Å². The Morgan fingerprint density at radius 2 is 2.08 bits per heavy atom. The number of aliphatic hydroxyl groups excluding tert-OH is 2. The highest BCUT2D eigenvalue weighted by atomic mass is 31.1. The van der Waals surface area contributed by atoms with E-state index in [1.807, 2.05) is 0 Å². The Labute approximate surface area is 147 Å². The average molecular weight is 392 g/mol. The topological polar surface area (TPSA) is 179 Å². The van der Waals surface area contributed by atoms with Gasteiger partial charge in [0.1, 0.15) is 24.4 Å². The first kappa shape index (κ1) is 20.4. The van der Waals surface area contributed by atoms with Gasteiger partial charge < -0.3 is 25.4 Å². The highest BCUT2D eigenvalue weighted by molar-refractivity contribution is 7.33. The minimum Gasteiger partial charge on any atom is -0.388 e. The number of aromatic nitrogens is 1. The highest BCUT2D eigenvalue weighted by Crippen LogP contribution is 2.29. The predicted octanol–water partition coefficient (Wildman–Crippen LogP) is -1.60. The van der Waals surface area contributed by atoms with Crippen LogP contribution in [0.25, 0.3) is 0 Å². The number of ether oxygens (including phenoxy) is 2. The number of hydrogen-bond donors (Lipinski definition) is 4. The molecule has 0 aromatic carbocycles. The largest absolute Gasteiger partial charge is 0.728 e. The minimum atomic E-state index is -2.80. The number of nitrogens with two attached hydrogens (primary N) is 1. The number of rotatable bonds is 7. The van der Waals surface area contributed by atoms with Gasteiger partial charge in [0, 0.05) is 10.6 Å². The average Bonchev–Trinajstić information content (AvgIpc) is 2.94. The van der Waals surface area contributed by atoms with Crippen molar-refractivity contribution in [1.29, 1.82) is 0 Å². The lowest BCUT2D eigenvalue weighted by atomic mass is 10.1. The van der Waals surface area contributed by atoms with Gasteiger partial charge in [0.15, 0.2) is 18.5 Å². The standard InChI is InChI=1S/C13H16N2O10P/c14-4-9(16)24-13(19)7-2-1-3-15(5-7)12-11(18)10(17)8(23-12)6-22-26(21)25-20/h1-3,5,8,10-12,17-18H,4,6,14H2/q+1/p+1/t8-,10-,11-,12-/m1/s1. The number of aliphatic hydroxyl groups is 2. The summed E-state index contributed by atoms with van der Waals surface area (Å²) in [6.45, 7) is -0.894. The van der Waals surface area contributed by atoms with Crippen molar-refractivity contribution in [2.24, 2.45) is 5.73 Å². The summed E-state index contributed by atoms with van der Waals surface area (Å²) < 4.78 is 30.2. The normalized spacial score (nSPS) is 25.8. The maximum absolute atomic E-state index is 11.8. The molecule has 0 aliphatic carbocycles. The quantitative estimate of drug-likeness (QED) is 0.105. The van der Waals surface area contributed by atoms with Crippen LogP contribution >= 0.6 is 8.25 Å². The van der Waals surface area contributed by atoms with Gasteiger partial charge in [0.25, 0.3) is 6.23 Å². The molecule has 5 atom stereocenters. The van der Waals surface area contributed by atoms with Crippen LogP contribution in [0.15, 0.2) is 24.5 Å². The van der Waals surface area contributed by atoms with E-state index in [9.17, 15) is 24.4 Å². The van der Waals surface area contributed by atoms with E-state index in [0.29, 0.717) is 0 Å². The van der Waals surface area contributed by atoms with Gasteiger partial charge in [-0.1, -0.05) is 0 Å². The summed E-state index contributed by atoms with van der Waals surface area (Å²) in [7, 11) is -2.80. The third-order valence-corrected chi connectivity index (χ3v) is 3.97. The van der Waals surface area contributed by atoms with E-state index in [1.165, 1.54) is 29.1 Å². The maximum Gasteiger partial charge on any atom is 0.728 e. The molecule has 1 saturated heterocycles. The number of carbonyl (C=O) groups is 2. The fourth-order valence-corrected chi connectivity index (χ4v) is 2.56. The third kappa shape index (κ3) is 4.84. The summed E-state index contributed by atoms with van der Waals surface area (Å²) in [6.07, 6.45) is -2.30. The fraction of sp³-hybridized carbons (Fsp3) is 0.462. The molecular weight excluding hydrogens is 375 g/mol. The maximum atomic E-state index is 11.8. The van der Waals surface area contributed by atoms with Crippen LogP contribution in [0.5, 0.6) is 0 Å². The Morgan fingerprint density at radius 1 is 1.35 bits per heavy atom. The van der Waals surface area contributed by atoms with E-state index < -0.39 is 57.9 Å². The Morgan fingerprint density at radius 3 is 2.73 bits per heavy atom. The molecule has 0 radical (unpaired) electrons. The number of hydrogen-bond acceptors (Lipinski definition) is 11. The Hall–Kier alpha value is -1.89. The third-order valence-electron chi connectivity index (χ3n) is 3.47. The van der Waals surface area contributed by atoms with E-state index in [-0.39, 0.29) is 5.56 Å². The van der Waals surface area contributed by atoms with Crippen molar-refractivity contribution in [1.82, 2.24) is 0 Å². The van der Waals surface area contributed by atoms with Crippen molar-refractivity contribution in [3.63, 3.8) is 0 Å². The SMILES string of the molecule is NCC(=O)OC(=O)c1ccc[n+]([C@@H]2O[C@H](CO[P+](=O)OO)[C@@H](O)[C@H]2O)c1. The monoisotopic (exact) mass is 392 g/mol. The molecule has 1 aliphatic rings. The van der Waals surface area contributed by atoms with Crippen molar-refractivity contribution >= 4 is 20.2 Å². The molecule has 26 heavy (non-hydrogen) atoms. The summed E-state index contributed by atoms with van der Waals surface area (Å²) in [4.78, 5) is 22.9. The molecule has 142 valence electrons. The molecule has 1 aromatic heterocycles. The van der Waals surface area contributed by atoms with Gasteiger partial charge in [0.05, 0.1) is 11.2 Å². The molecular formula is C13H17N2O10P+2. The van der Waals surface area contributed by atoms with Crippen LogP contribution in [-0.2, 0) is 28.0 Å². The summed E-state index contributed by atoms with van der Waals surface area (Å²) in [5.74, 6) is -1.85. The van der Waals surface area contributed by atoms with Crippen molar-refractivity contribution in [3.8, 4) is 0 Å². The van der Waals surface area contributed by atoms with E-state index in [1.54, 1.807) is 0 Å². The molecule has 1 unspecified atom stereocenters. The Kier molecular flexibility index (Phi) is 7.20. The first-order valence-electron chi connectivity index (χ1n) is 7.26. The minimum absolute atomic E-state index is 0.0175. The highest BCUT2D eigenvalue weighted by Gasteiger charge is 2.49. The zero-order valence-electron chi connectivity index (χ0n) is 13.2. The zero-order chi connectivity index (χ0) is 19.3. The second-order valence-electron chi connectivity index (χ2n) is 5.15. The predicted molar refractivity (Wildman–Crippen MR) is 79.3 cm³/mol. The molecule has 0 amide bonds. The van der Waals surface area contributed by atoms with Gasteiger partial charge in [-0.25, -0.2) is 10.1 Å². The van der Waals surface area contributed by atoms with E-state index in [4.69, 9.17) is 15.7 Å². The van der Waals surface area contributed by atoms with Gasteiger partial charge in [-0.3, -0.25) is 4.79 Å². The number of carbonyl (C=O) groups excluding carboxylic acids is 2. The van der Waals surface area contributed by atoms with Crippen LogP contribution < -0.4 is 10.3 Å². The van der Waals surface area contributed by atoms with Crippen LogP contribution in [0.3, 0.4) is 0 Å². The van der Waals surface area contributed by atoms with Crippen molar-refractivity contribution < 1.29 is 52.9 Å². The molecule has 0 spiro atoms. The summed E-state index contributed by atoms with van der Waals surface area (Å²) in [5, 5.41) is 28.3. The molecule has 1 aromatic rings. The van der Waals surface area contributed by atoms with Crippen LogP contribution in [0, 0.1) is 0 Å². The van der Waals surface area contributed by atoms with Gasteiger partial charge in [0.2, 0.25) is 0 Å². The fourth-order valence-electron chi connectivity index (χ4n) is 2.25. The van der Waals surface area contributed by atoms with E-state index >= 15 is 0 Å². The molecule has 1 aliphatic heterocycles. The molecule has 0 saturated carbocycles. The first-order valence-corrected chi connectivity index (χ1v) is 8.36. The molecule has 13 heteroatoms. The lowest BCUT2D eigenvalue weighted by Crippen LogP contribution is -2.46. The van der Waals surface area contributed by atoms with Crippen molar-refractivity contribution in [2.75, 3.05) is 13.2 Å². The first-order chi connectivity index (χ1) is 12.4. The molecule has 2 rings (SSSR count). The van der Waals surface area contributed by atoms with Gasteiger partial charge >= 0.3 is 20.2 Å². The molecule has 5 N–H and O–H groups in total. The van der Waals surface area contributed by atoms with Crippen LogP contribution in [0.2, 0.25) is 0 Å².